The third kappa shape index (κ3) is 2.67. The highest BCUT2D eigenvalue weighted by atomic mass is 16.5. The lowest BCUT2D eigenvalue weighted by molar-refractivity contribution is 0.181. The highest BCUT2D eigenvalue weighted by Crippen LogP contribution is 2.24. The molecule has 0 aliphatic carbocycles. The topological polar surface area (TPSA) is 86.0 Å². The van der Waals surface area contributed by atoms with Gasteiger partial charge in [0, 0.05) is 24.8 Å². The molecule has 3 aromatic rings. The van der Waals surface area contributed by atoms with E-state index < -0.39 is 0 Å². The molecule has 1 aromatic carbocycles. The minimum atomic E-state index is 0.384. The highest BCUT2D eigenvalue weighted by molar-refractivity contribution is 5.92. The van der Waals surface area contributed by atoms with Gasteiger partial charge in [-0.3, -0.25) is 4.98 Å². The summed E-state index contributed by atoms with van der Waals surface area (Å²) in [5.74, 6) is 6.52. The molecule has 21 heavy (non-hydrogen) atoms. The molecule has 6 heteroatoms. The molecule has 0 saturated carbocycles. The van der Waals surface area contributed by atoms with Crippen LogP contribution in [0, 0.1) is 0 Å². The number of hydrogen-bond donors (Lipinski definition) is 2. The first-order chi connectivity index (χ1) is 10.3. The Labute approximate surface area is 122 Å². The number of methoxy groups -OCH3 is 1. The zero-order chi connectivity index (χ0) is 14.7. The summed E-state index contributed by atoms with van der Waals surface area (Å²) in [6, 6.07) is 11.7. The lowest BCUT2D eigenvalue weighted by Crippen LogP contribution is -2.11. The van der Waals surface area contributed by atoms with Gasteiger partial charge < -0.3 is 10.2 Å². The van der Waals surface area contributed by atoms with E-state index in [9.17, 15) is 0 Å². The molecule has 6 nitrogen and oxygen atoms in total. The lowest BCUT2D eigenvalue weighted by atomic mass is 10.1. The fourth-order valence-corrected chi connectivity index (χ4v) is 2.20. The molecular weight excluding hydrogens is 266 g/mol. The van der Waals surface area contributed by atoms with Crippen LogP contribution < -0.4 is 11.3 Å². The average Bonchev–Trinajstić information content (AvgIpc) is 2.54. The van der Waals surface area contributed by atoms with E-state index in [-0.39, 0.29) is 0 Å². The number of fused-ring (bicyclic) bond motifs is 1. The van der Waals surface area contributed by atoms with Crippen molar-refractivity contribution in [3.8, 4) is 11.5 Å². The van der Waals surface area contributed by atoms with Gasteiger partial charge in [-0.2, -0.15) is 0 Å². The highest BCUT2D eigenvalue weighted by Gasteiger charge is 2.11. The number of aromatic nitrogens is 3. The van der Waals surface area contributed by atoms with Crippen molar-refractivity contribution >= 4 is 16.6 Å². The van der Waals surface area contributed by atoms with Gasteiger partial charge in [0.2, 0.25) is 0 Å². The van der Waals surface area contributed by atoms with Gasteiger partial charge in [-0.15, -0.1) is 0 Å². The maximum atomic E-state index is 5.47. The quantitative estimate of drug-likeness (QED) is 0.563. The van der Waals surface area contributed by atoms with Gasteiger partial charge in [-0.1, -0.05) is 24.3 Å². The molecule has 2 aromatic heterocycles. The van der Waals surface area contributed by atoms with Gasteiger partial charge in [-0.05, 0) is 11.5 Å². The summed E-state index contributed by atoms with van der Waals surface area (Å²) in [6.07, 6.45) is 1.75. The minimum absolute atomic E-state index is 0.384. The molecule has 0 saturated heterocycles. The van der Waals surface area contributed by atoms with Crippen molar-refractivity contribution in [2.24, 2.45) is 5.84 Å². The van der Waals surface area contributed by atoms with Crippen molar-refractivity contribution in [3.05, 3.63) is 48.3 Å². The first-order valence-electron chi connectivity index (χ1n) is 6.49. The van der Waals surface area contributed by atoms with Crippen molar-refractivity contribution in [1.82, 2.24) is 15.0 Å². The van der Waals surface area contributed by atoms with E-state index in [2.05, 4.69) is 20.4 Å². The van der Waals surface area contributed by atoms with Gasteiger partial charge in [0.1, 0.15) is 11.5 Å². The van der Waals surface area contributed by atoms with Crippen molar-refractivity contribution in [1.29, 1.82) is 0 Å². The van der Waals surface area contributed by atoms with Gasteiger partial charge in [-0.25, -0.2) is 15.8 Å². The Morgan fingerprint density at radius 2 is 2.05 bits per heavy atom. The van der Waals surface area contributed by atoms with Crippen LogP contribution >= 0.6 is 0 Å². The van der Waals surface area contributed by atoms with Crippen LogP contribution in [0.3, 0.4) is 0 Å². The standard InChI is InChI=1S/C15H15N5O/c1-21-9-11-8-13(20-16)19-15(18-11)14-12-5-3-2-4-10(12)6-7-17-14/h2-8H,9,16H2,1H3,(H,18,19,20). The van der Waals surface area contributed by atoms with Crippen LogP contribution in [0.2, 0.25) is 0 Å². The van der Waals surface area contributed by atoms with Crippen LogP contribution in [0.15, 0.2) is 42.6 Å². The summed E-state index contributed by atoms with van der Waals surface area (Å²) in [5, 5.41) is 2.09. The number of anilines is 1. The van der Waals surface area contributed by atoms with Crippen LogP contribution in [0.5, 0.6) is 0 Å². The zero-order valence-corrected chi connectivity index (χ0v) is 11.6. The Hall–Kier alpha value is -2.57. The molecule has 106 valence electrons. The van der Waals surface area contributed by atoms with E-state index in [4.69, 9.17) is 10.6 Å². The fraction of sp³-hybridized carbons (Fsp3) is 0.133. The molecule has 3 N–H and O–H groups in total. The molecule has 0 atom stereocenters. The summed E-state index contributed by atoms with van der Waals surface area (Å²) < 4.78 is 5.13. The normalized spacial score (nSPS) is 10.8. The number of nitrogen functional groups attached to an aromatic ring is 1. The second-order valence-corrected chi connectivity index (χ2v) is 4.53. The van der Waals surface area contributed by atoms with E-state index in [1.807, 2.05) is 30.3 Å². The molecule has 0 spiro atoms. The SMILES string of the molecule is COCc1cc(NN)nc(-c2nccc3ccccc23)n1. The van der Waals surface area contributed by atoms with Crippen molar-refractivity contribution in [2.45, 2.75) is 6.61 Å². The van der Waals surface area contributed by atoms with Crippen molar-refractivity contribution in [3.63, 3.8) is 0 Å². The number of nitrogens with one attached hydrogen (secondary N) is 1. The van der Waals surface area contributed by atoms with Gasteiger partial charge >= 0.3 is 0 Å². The zero-order valence-electron chi connectivity index (χ0n) is 11.6. The van der Waals surface area contributed by atoms with Crippen LogP contribution in [-0.2, 0) is 11.3 Å². The summed E-state index contributed by atoms with van der Waals surface area (Å²) in [5.41, 5.74) is 4.02. The Morgan fingerprint density at radius 1 is 1.19 bits per heavy atom. The Morgan fingerprint density at radius 3 is 2.86 bits per heavy atom. The number of benzene rings is 1. The minimum Gasteiger partial charge on any atom is -0.378 e. The number of hydrazine groups is 1. The summed E-state index contributed by atoms with van der Waals surface area (Å²) in [7, 11) is 1.62. The largest absolute Gasteiger partial charge is 0.378 e. The molecule has 3 rings (SSSR count). The van der Waals surface area contributed by atoms with Gasteiger partial charge in [0.15, 0.2) is 5.82 Å². The van der Waals surface area contributed by atoms with Crippen LogP contribution in [0.1, 0.15) is 5.69 Å². The molecule has 0 amide bonds. The van der Waals surface area contributed by atoms with E-state index in [1.165, 1.54) is 0 Å². The Balaban J connectivity index is 2.20. The molecule has 0 bridgehead atoms. The number of hydrogen-bond acceptors (Lipinski definition) is 6. The average molecular weight is 281 g/mol. The number of pyridine rings is 1. The van der Waals surface area contributed by atoms with Crippen molar-refractivity contribution < 1.29 is 4.74 Å². The van der Waals surface area contributed by atoms with E-state index in [0.29, 0.717) is 18.2 Å². The van der Waals surface area contributed by atoms with E-state index in [1.54, 1.807) is 19.4 Å². The first kappa shape index (κ1) is 13.4. The van der Waals surface area contributed by atoms with Gasteiger partial charge in [0.05, 0.1) is 12.3 Å². The van der Waals surface area contributed by atoms with E-state index in [0.717, 1.165) is 22.2 Å². The van der Waals surface area contributed by atoms with Crippen molar-refractivity contribution in [2.75, 3.05) is 12.5 Å². The van der Waals surface area contributed by atoms with Crippen LogP contribution in [0.25, 0.3) is 22.3 Å². The predicted octanol–water partition coefficient (Wildman–Crippen LogP) is 2.12. The molecule has 0 fully saturated rings. The smallest absolute Gasteiger partial charge is 0.181 e. The fourth-order valence-electron chi connectivity index (χ4n) is 2.20. The van der Waals surface area contributed by atoms with Crippen LogP contribution in [-0.4, -0.2) is 22.1 Å². The third-order valence-electron chi connectivity index (χ3n) is 3.10. The molecule has 0 aliphatic heterocycles. The maximum absolute atomic E-state index is 5.47. The monoisotopic (exact) mass is 281 g/mol. The van der Waals surface area contributed by atoms with E-state index >= 15 is 0 Å². The van der Waals surface area contributed by atoms with Gasteiger partial charge in [0.25, 0.3) is 0 Å². The number of nitrogens with two attached hydrogens (primary N) is 1. The molecular formula is C15H15N5O. The second-order valence-electron chi connectivity index (χ2n) is 4.53. The van der Waals surface area contributed by atoms with Crippen LogP contribution in [0.4, 0.5) is 5.82 Å². The third-order valence-corrected chi connectivity index (χ3v) is 3.10. The summed E-state index contributed by atoms with van der Waals surface area (Å²) in [6.45, 7) is 0.384. The Bertz CT molecular complexity index is 770. The predicted molar refractivity (Wildman–Crippen MR) is 81.3 cm³/mol. The second kappa shape index (κ2) is 5.82. The summed E-state index contributed by atoms with van der Waals surface area (Å²) in [4.78, 5) is 13.3. The summed E-state index contributed by atoms with van der Waals surface area (Å²) >= 11 is 0. The Kier molecular flexibility index (Phi) is 3.72. The lowest BCUT2D eigenvalue weighted by Gasteiger charge is -2.08. The molecule has 2 heterocycles. The number of rotatable bonds is 4. The maximum Gasteiger partial charge on any atom is 0.181 e. The first-order valence-corrected chi connectivity index (χ1v) is 6.49. The number of nitrogens with zero attached hydrogens (tertiary/aromatic N) is 3. The number of ether oxygens (including phenoxy) is 1. The molecule has 0 aliphatic rings. The molecule has 0 radical (unpaired) electrons. The molecule has 0 unspecified atom stereocenters.